The molecular weight excluding hydrogens is 324 g/mol. The van der Waals surface area contributed by atoms with Crippen molar-refractivity contribution < 1.29 is 9.90 Å². The van der Waals surface area contributed by atoms with Gasteiger partial charge in [0.1, 0.15) is 0 Å². The van der Waals surface area contributed by atoms with Gasteiger partial charge in [-0.25, -0.2) is 4.68 Å². The number of aliphatic carboxylic acids is 1. The molecule has 0 saturated heterocycles. The fraction of sp³-hybridized carbons (Fsp3) is 0.286. The average Bonchev–Trinajstić information content (AvgIpc) is 2.66. The first-order valence-corrected chi connectivity index (χ1v) is 6.98. The summed E-state index contributed by atoms with van der Waals surface area (Å²) < 4.78 is 2.43. The summed E-state index contributed by atoms with van der Waals surface area (Å²) in [6.07, 6.45) is 0.187. The lowest BCUT2D eigenvalue weighted by atomic mass is 10.1. The first kappa shape index (κ1) is 14.6. The van der Waals surface area contributed by atoms with Gasteiger partial charge in [-0.1, -0.05) is 15.9 Å². The molecular formula is C14H15BrN2O3. The van der Waals surface area contributed by atoms with Gasteiger partial charge in [-0.2, -0.15) is 0 Å². The van der Waals surface area contributed by atoms with E-state index >= 15 is 0 Å². The SMILES string of the molecule is Cc1cc(-n2[nH]c(C)c(CCC(=O)O)c2=O)ccc1Br. The molecule has 0 aliphatic rings. The maximum absolute atomic E-state index is 12.3. The lowest BCUT2D eigenvalue weighted by Gasteiger charge is -2.04. The standard InChI is InChI=1S/C14H15BrN2O3/c1-8-7-10(3-5-12(8)15)17-14(20)11(9(2)16-17)4-6-13(18)19/h3,5,7,16H,4,6H2,1-2H3,(H,18,19). The zero-order valence-corrected chi connectivity index (χ0v) is 12.8. The summed E-state index contributed by atoms with van der Waals surface area (Å²) in [5.74, 6) is -0.906. The van der Waals surface area contributed by atoms with E-state index in [1.54, 1.807) is 6.92 Å². The predicted molar refractivity (Wildman–Crippen MR) is 79.5 cm³/mol. The number of nitrogens with one attached hydrogen (secondary N) is 1. The quantitative estimate of drug-likeness (QED) is 0.899. The van der Waals surface area contributed by atoms with Gasteiger partial charge in [0.25, 0.3) is 5.56 Å². The van der Waals surface area contributed by atoms with E-state index in [1.165, 1.54) is 4.68 Å². The Balaban J connectivity index is 2.43. The molecule has 0 bridgehead atoms. The third kappa shape index (κ3) is 2.85. The molecule has 1 aromatic heterocycles. The summed E-state index contributed by atoms with van der Waals surface area (Å²) in [5, 5.41) is 11.7. The first-order valence-electron chi connectivity index (χ1n) is 6.19. The number of carboxylic acid groups (broad SMARTS) is 1. The second-order valence-electron chi connectivity index (χ2n) is 4.68. The van der Waals surface area contributed by atoms with Crippen molar-refractivity contribution >= 4 is 21.9 Å². The van der Waals surface area contributed by atoms with Crippen LogP contribution in [0, 0.1) is 13.8 Å². The van der Waals surface area contributed by atoms with Crippen molar-refractivity contribution in [2.24, 2.45) is 0 Å². The second-order valence-corrected chi connectivity index (χ2v) is 5.54. The van der Waals surface area contributed by atoms with Crippen molar-refractivity contribution in [2.45, 2.75) is 26.7 Å². The highest BCUT2D eigenvalue weighted by Gasteiger charge is 2.13. The predicted octanol–water partition coefficient (Wildman–Crippen LogP) is 2.56. The molecule has 0 unspecified atom stereocenters. The smallest absolute Gasteiger partial charge is 0.303 e. The number of benzene rings is 1. The number of hydrogen-bond donors (Lipinski definition) is 2. The molecule has 5 nitrogen and oxygen atoms in total. The minimum atomic E-state index is -0.906. The maximum atomic E-state index is 12.3. The van der Waals surface area contributed by atoms with Crippen LogP contribution in [0.25, 0.3) is 5.69 Å². The summed E-state index contributed by atoms with van der Waals surface area (Å²) in [6.45, 7) is 3.72. The van der Waals surface area contributed by atoms with Gasteiger partial charge < -0.3 is 5.11 Å². The van der Waals surface area contributed by atoms with E-state index in [2.05, 4.69) is 21.0 Å². The van der Waals surface area contributed by atoms with E-state index in [-0.39, 0.29) is 18.4 Å². The summed E-state index contributed by atoms with van der Waals surface area (Å²) in [5.41, 5.74) is 2.80. The average molecular weight is 339 g/mol. The number of aromatic amines is 1. The molecule has 0 spiro atoms. The number of carbonyl (C=O) groups is 1. The van der Waals surface area contributed by atoms with Crippen molar-refractivity contribution in [3.05, 3.63) is 49.8 Å². The Hall–Kier alpha value is -1.82. The fourth-order valence-electron chi connectivity index (χ4n) is 2.06. The molecule has 0 amide bonds. The molecule has 0 saturated carbocycles. The van der Waals surface area contributed by atoms with E-state index in [4.69, 9.17) is 5.11 Å². The molecule has 0 radical (unpaired) electrons. The number of hydrogen-bond acceptors (Lipinski definition) is 2. The van der Waals surface area contributed by atoms with E-state index in [9.17, 15) is 9.59 Å². The highest BCUT2D eigenvalue weighted by atomic mass is 79.9. The molecule has 0 atom stereocenters. The monoisotopic (exact) mass is 338 g/mol. The topological polar surface area (TPSA) is 75.1 Å². The molecule has 2 N–H and O–H groups in total. The molecule has 106 valence electrons. The molecule has 20 heavy (non-hydrogen) atoms. The van der Waals surface area contributed by atoms with Crippen molar-refractivity contribution in [3.63, 3.8) is 0 Å². The van der Waals surface area contributed by atoms with E-state index in [0.29, 0.717) is 11.3 Å². The lowest BCUT2D eigenvalue weighted by molar-refractivity contribution is -0.136. The van der Waals surface area contributed by atoms with Crippen molar-refractivity contribution in [1.29, 1.82) is 0 Å². The second kappa shape index (κ2) is 5.66. The number of halogens is 1. The Morgan fingerprint density at radius 3 is 2.70 bits per heavy atom. The van der Waals surface area contributed by atoms with Crippen LogP contribution in [0.15, 0.2) is 27.5 Å². The number of rotatable bonds is 4. The van der Waals surface area contributed by atoms with Crippen LogP contribution >= 0.6 is 15.9 Å². The summed E-state index contributed by atoms with van der Waals surface area (Å²) >= 11 is 3.42. The number of aryl methyl sites for hydroxylation is 2. The van der Waals surface area contributed by atoms with Crippen LogP contribution in [-0.2, 0) is 11.2 Å². The number of aromatic nitrogens is 2. The van der Waals surface area contributed by atoms with E-state index in [1.807, 2.05) is 25.1 Å². The third-order valence-electron chi connectivity index (χ3n) is 3.18. The number of H-pyrrole nitrogens is 1. The van der Waals surface area contributed by atoms with E-state index in [0.717, 1.165) is 15.7 Å². The van der Waals surface area contributed by atoms with Gasteiger partial charge in [0.05, 0.1) is 5.69 Å². The summed E-state index contributed by atoms with van der Waals surface area (Å²) in [7, 11) is 0. The normalized spacial score (nSPS) is 10.8. The van der Waals surface area contributed by atoms with Crippen LogP contribution in [0.5, 0.6) is 0 Å². The van der Waals surface area contributed by atoms with Crippen molar-refractivity contribution in [2.75, 3.05) is 0 Å². The molecule has 1 aromatic carbocycles. The Morgan fingerprint density at radius 1 is 1.40 bits per heavy atom. The summed E-state index contributed by atoms with van der Waals surface area (Å²) in [6, 6.07) is 5.60. The highest BCUT2D eigenvalue weighted by molar-refractivity contribution is 9.10. The molecule has 2 aromatic rings. The Bertz CT molecular complexity index is 716. The van der Waals surface area contributed by atoms with Crippen LogP contribution in [-0.4, -0.2) is 20.9 Å². The first-order chi connectivity index (χ1) is 9.40. The van der Waals surface area contributed by atoms with Crippen LogP contribution < -0.4 is 5.56 Å². The van der Waals surface area contributed by atoms with Crippen molar-refractivity contribution in [1.82, 2.24) is 9.78 Å². The van der Waals surface area contributed by atoms with Crippen molar-refractivity contribution in [3.8, 4) is 5.69 Å². The largest absolute Gasteiger partial charge is 0.481 e. The molecule has 0 aliphatic heterocycles. The van der Waals surface area contributed by atoms with Gasteiger partial charge in [-0.3, -0.25) is 14.7 Å². The number of nitrogens with zero attached hydrogens (tertiary/aromatic N) is 1. The zero-order chi connectivity index (χ0) is 14.9. The van der Waals surface area contributed by atoms with Gasteiger partial charge in [0.2, 0.25) is 0 Å². The van der Waals surface area contributed by atoms with Gasteiger partial charge >= 0.3 is 5.97 Å². The van der Waals surface area contributed by atoms with E-state index < -0.39 is 5.97 Å². The Labute approximate surface area is 124 Å². The Kier molecular flexibility index (Phi) is 4.13. The van der Waals surface area contributed by atoms with Crippen LogP contribution in [0.3, 0.4) is 0 Å². The van der Waals surface area contributed by atoms with Gasteiger partial charge in [-0.15, -0.1) is 0 Å². The molecule has 6 heteroatoms. The minimum absolute atomic E-state index is 0.0483. The fourth-order valence-corrected chi connectivity index (χ4v) is 2.30. The van der Waals surface area contributed by atoms with Crippen LogP contribution in [0.2, 0.25) is 0 Å². The Morgan fingerprint density at radius 2 is 2.10 bits per heavy atom. The third-order valence-corrected chi connectivity index (χ3v) is 4.07. The maximum Gasteiger partial charge on any atom is 0.303 e. The van der Waals surface area contributed by atoms with Crippen LogP contribution in [0.4, 0.5) is 0 Å². The van der Waals surface area contributed by atoms with Gasteiger partial charge in [0.15, 0.2) is 0 Å². The number of carboxylic acids is 1. The van der Waals surface area contributed by atoms with Gasteiger partial charge in [0, 0.05) is 22.2 Å². The zero-order valence-electron chi connectivity index (χ0n) is 11.2. The minimum Gasteiger partial charge on any atom is -0.481 e. The molecule has 1 heterocycles. The highest BCUT2D eigenvalue weighted by Crippen LogP contribution is 2.19. The van der Waals surface area contributed by atoms with Gasteiger partial charge in [-0.05, 0) is 44.0 Å². The summed E-state index contributed by atoms with van der Waals surface area (Å²) in [4.78, 5) is 23.0. The molecule has 0 fully saturated rings. The molecule has 0 aliphatic carbocycles. The molecule has 2 rings (SSSR count). The lowest BCUT2D eigenvalue weighted by Crippen LogP contribution is -2.18. The van der Waals surface area contributed by atoms with Crippen LogP contribution in [0.1, 0.15) is 23.2 Å².